The summed E-state index contributed by atoms with van der Waals surface area (Å²) < 4.78 is 4.54. The fourth-order valence-electron chi connectivity index (χ4n) is 2.82. The molecule has 0 saturated carbocycles. The molecule has 130 valence electrons. The van der Waals surface area contributed by atoms with Crippen molar-refractivity contribution in [3.05, 3.63) is 92.8 Å². The molecule has 26 heavy (non-hydrogen) atoms. The van der Waals surface area contributed by atoms with Crippen molar-refractivity contribution in [2.24, 2.45) is 5.92 Å². The Kier molecular flexibility index (Phi) is 4.84. The maximum absolute atomic E-state index is 4.79. The second-order valence-corrected chi connectivity index (χ2v) is 8.95. The van der Waals surface area contributed by atoms with Crippen molar-refractivity contribution in [3.8, 4) is 11.3 Å². The number of pyridine rings is 2. The van der Waals surface area contributed by atoms with Gasteiger partial charge in [0.1, 0.15) is 0 Å². The Morgan fingerprint density at radius 1 is 1.23 bits per heavy atom. The molecule has 4 heteroatoms. The molecule has 0 aliphatic heterocycles. The standard InChI is InChI=1S/C22H19IN3/c1-3-17-13-19(21-20-9-4-5-12-26(20)15-25-21)22(24-14-17)23-18-8-6-7-16(2)10-11-18/h3-16H,1H2,2H3/q-1. The van der Waals surface area contributed by atoms with Gasteiger partial charge < -0.3 is 0 Å². The monoisotopic (exact) mass is 452 g/mol. The normalized spacial score (nSPS) is 16.7. The summed E-state index contributed by atoms with van der Waals surface area (Å²) in [7, 11) is 0. The number of hydrogen-bond donors (Lipinski definition) is 0. The zero-order valence-corrected chi connectivity index (χ0v) is 16.7. The van der Waals surface area contributed by atoms with Crippen LogP contribution in [-0.2, 0) is 0 Å². The van der Waals surface area contributed by atoms with Gasteiger partial charge in [-0.05, 0) is 0 Å². The molecule has 0 saturated heterocycles. The molecule has 0 fully saturated rings. The summed E-state index contributed by atoms with van der Waals surface area (Å²) in [6, 6.07) is 8.31. The van der Waals surface area contributed by atoms with Crippen LogP contribution in [0.3, 0.4) is 0 Å². The summed E-state index contributed by atoms with van der Waals surface area (Å²) in [5, 5.41) is 0. The van der Waals surface area contributed by atoms with E-state index in [4.69, 9.17) is 4.98 Å². The van der Waals surface area contributed by atoms with Crippen LogP contribution in [0.5, 0.6) is 0 Å². The number of rotatable bonds is 4. The molecule has 4 rings (SSSR count). The Labute approximate surface area is 163 Å². The van der Waals surface area contributed by atoms with Crippen molar-refractivity contribution in [1.29, 1.82) is 0 Å². The van der Waals surface area contributed by atoms with Crippen LogP contribution in [0.25, 0.3) is 22.9 Å². The van der Waals surface area contributed by atoms with E-state index in [0.29, 0.717) is 5.92 Å². The Morgan fingerprint density at radius 3 is 3.04 bits per heavy atom. The number of halogens is 1. The third-order valence-electron chi connectivity index (χ3n) is 4.22. The van der Waals surface area contributed by atoms with Gasteiger partial charge in [-0.3, -0.25) is 0 Å². The van der Waals surface area contributed by atoms with Crippen molar-refractivity contribution < 1.29 is 21.2 Å². The van der Waals surface area contributed by atoms with Crippen molar-refractivity contribution in [3.63, 3.8) is 0 Å². The molecule has 3 aromatic heterocycles. The van der Waals surface area contributed by atoms with E-state index in [1.807, 2.05) is 41.3 Å². The van der Waals surface area contributed by atoms with Gasteiger partial charge in [0.25, 0.3) is 0 Å². The topological polar surface area (TPSA) is 30.2 Å². The van der Waals surface area contributed by atoms with Crippen LogP contribution in [0.2, 0.25) is 0 Å². The molecule has 1 unspecified atom stereocenters. The first kappa shape index (κ1) is 17.0. The van der Waals surface area contributed by atoms with E-state index < -0.39 is 21.2 Å². The summed E-state index contributed by atoms with van der Waals surface area (Å²) in [5.74, 6) is 0.473. The first-order valence-electron chi connectivity index (χ1n) is 8.50. The van der Waals surface area contributed by atoms with Crippen LogP contribution in [0.1, 0.15) is 12.5 Å². The summed E-state index contributed by atoms with van der Waals surface area (Å²) in [6.45, 7) is 6.09. The van der Waals surface area contributed by atoms with Gasteiger partial charge in [0.2, 0.25) is 0 Å². The van der Waals surface area contributed by atoms with Gasteiger partial charge in [0.05, 0.1) is 0 Å². The van der Waals surface area contributed by atoms with Crippen LogP contribution in [0.4, 0.5) is 0 Å². The van der Waals surface area contributed by atoms with Crippen molar-refractivity contribution in [2.45, 2.75) is 6.92 Å². The molecule has 1 aliphatic rings. The molecule has 0 spiro atoms. The molecule has 0 bridgehead atoms. The summed E-state index contributed by atoms with van der Waals surface area (Å²) in [4.78, 5) is 9.47. The predicted octanol–water partition coefficient (Wildman–Crippen LogP) is 1.94. The second kappa shape index (κ2) is 7.41. The number of imidazole rings is 1. The van der Waals surface area contributed by atoms with Gasteiger partial charge in [-0.1, -0.05) is 0 Å². The molecule has 1 aliphatic carbocycles. The summed E-state index contributed by atoms with van der Waals surface area (Å²) >= 11 is -0.406. The quantitative estimate of drug-likeness (QED) is 0.448. The third-order valence-corrected chi connectivity index (χ3v) is 6.94. The molecule has 0 N–H and O–H groups in total. The molecule has 0 radical (unpaired) electrons. The SMILES string of the molecule is C=Cc1cnc([I-]C2=CC=CC(C)C=C2)c(-c2ncn3ccccc23)c1. The number of nitrogens with zero attached hydrogens (tertiary/aromatic N) is 3. The summed E-state index contributed by atoms with van der Waals surface area (Å²) in [6.07, 6.45) is 18.7. The Hall–Kier alpha value is -2.47. The molecule has 3 nitrogen and oxygen atoms in total. The van der Waals surface area contributed by atoms with E-state index in [9.17, 15) is 0 Å². The number of allylic oxidation sites excluding steroid dienone is 6. The third kappa shape index (κ3) is 3.42. The molecular formula is C22H19IN3-. The van der Waals surface area contributed by atoms with Crippen molar-refractivity contribution in [2.75, 3.05) is 0 Å². The van der Waals surface area contributed by atoms with Gasteiger partial charge in [-0.2, -0.15) is 0 Å². The number of fused-ring (bicyclic) bond motifs is 1. The zero-order chi connectivity index (χ0) is 17.9. The van der Waals surface area contributed by atoms with Crippen LogP contribution in [0, 0.1) is 9.62 Å². The molecule has 1 atom stereocenters. The van der Waals surface area contributed by atoms with Crippen molar-refractivity contribution >= 4 is 11.6 Å². The van der Waals surface area contributed by atoms with Crippen LogP contribution in [0.15, 0.2) is 83.5 Å². The number of aromatic nitrogens is 3. The van der Waals surface area contributed by atoms with E-state index in [1.165, 1.54) is 3.58 Å². The van der Waals surface area contributed by atoms with Gasteiger partial charge in [0, 0.05) is 0 Å². The first-order chi connectivity index (χ1) is 12.7. The Balaban J connectivity index is 1.81. The van der Waals surface area contributed by atoms with E-state index in [0.717, 1.165) is 26.0 Å². The zero-order valence-electron chi connectivity index (χ0n) is 14.5. The molecule has 0 aromatic carbocycles. The van der Waals surface area contributed by atoms with E-state index >= 15 is 0 Å². The maximum atomic E-state index is 4.79. The Bertz CT molecular complexity index is 1060. The van der Waals surface area contributed by atoms with E-state index in [-0.39, 0.29) is 0 Å². The van der Waals surface area contributed by atoms with E-state index in [2.05, 4.69) is 61.0 Å². The van der Waals surface area contributed by atoms with Gasteiger partial charge in [-0.25, -0.2) is 0 Å². The second-order valence-electron chi connectivity index (χ2n) is 6.15. The van der Waals surface area contributed by atoms with Crippen LogP contribution >= 0.6 is 0 Å². The predicted molar refractivity (Wildman–Crippen MR) is 103 cm³/mol. The fourth-order valence-corrected chi connectivity index (χ4v) is 5.17. The Morgan fingerprint density at radius 2 is 2.15 bits per heavy atom. The minimum absolute atomic E-state index is 0.406. The molecule has 3 aromatic rings. The van der Waals surface area contributed by atoms with Crippen LogP contribution in [-0.4, -0.2) is 14.4 Å². The first-order valence-corrected chi connectivity index (χ1v) is 10.7. The summed E-state index contributed by atoms with van der Waals surface area (Å²) in [5.41, 5.74) is 4.21. The van der Waals surface area contributed by atoms with Gasteiger partial charge in [0.15, 0.2) is 0 Å². The molecule has 0 amide bonds. The van der Waals surface area contributed by atoms with E-state index in [1.54, 1.807) is 0 Å². The van der Waals surface area contributed by atoms with Crippen molar-refractivity contribution in [1.82, 2.24) is 14.4 Å². The molecular weight excluding hydrogens is 433 g/mol. The fraction of sp³-hybridized carbons (Fsp3) is 0.0909. The minimum atomic E-state index is -0.406. The van der Waals surface area contributed by atoms with Gasteiger partial charge in [-0.15, -0.1) is 0 Å². The average Bonchev–Trinajstić information content (AvgIpc) is 2.99. The molecule has 3 heterocycles. The average molecular weight is 452 g/mol. The van der Waals surface area contributed by atoms with Gasteiger partial charge >= 0.3 is 164 Å². The number of hydrogen-bond acceptors (Lipinski definition) is 2. The van der Waals surface area contributed by atoms with Crippen LogP contribution < -0.4 is 21.2 Å².